The topological polar surface area (TPSA) is 56.8 Å². The largest absolute Gasteiger partial charge is 0.497 e. The first-order valence-electron chi connectivity index (χ1n) is 7.96. The molecule has 7 heteroatoms. The minimum absolute atomic E-state index is 0.0393. The summed E-state index contributed by atoms with van der Waals surface area (Å²) in [4.78, 5) is 11.5. The Morgan fingerprint density at radius 2 is 1.96 bits per heavy atom. The van der Waals surface area contributed by atoms with E-state index in [-0.39, 0.29) is 23.7 Å². The van der Waals surface area contributed by atoms with Crippen molar-refractivity contribution in [3.05, 3.63) is 23.8 Å². The predicted octanol–water partition coefficient (Wildman–Crippen LogP) is 3.12. The minimum atomic E-state index is -2.87. The fourth-order valence-corrected chi connectivity index (χ4v) is 2.99. The van der Waals surface area contributed by atoms with Crippen molar-refractivity contribution in [3.63, 3.8) is 0 Å². The summed E-state index contributed by atoms with van der Waals surface area (Å²) in [5.74, 6) is 0.529. The Hall–Kier alpha value is -1.89. The molecule has 1 aromatic carbocycles. The van der Waals surface area contributed by atoms with Gasteiger partial charge in [-0.05, 0) is 43.9 Å². The Bertz CT molecular complexity index is 545. The molecule has 0 bridgehead atoms. The number of carbonyl (C=O) groups is 1. The summed E-state index contributed by atoms with van der Waals surface area (Å²) in [6, 6.07) is 4.99. The van der Waals surface area contributed by atoms with Crippen molar-refractivity contribution >= 4 is 5.97 Å². The number of halogens is 2. The molecule has 0 aromatic heterocycles. The first-order chi connectivity index (χ1) is 11.5. The lowest BCUT2D eigenvalue weighted by Gasteiger charge is -2.28. The average Bonchev–Trinajstić information content (AvgIpc) is 2.60. The lowest BCUT2D eigenvalue weighted by atomic mass is 9.86. The highest BCUT2D eigenvalue weighted by Crippen LogP contribution is 2.28. The first-order valence-corrected chi connectivity index (χ1v) is 7.96. The van der Waals surface area contributed by atoms with Crippen LogP contribution in [0.25, 0.3) is 0 Å². The number of nitrogens with one attached hydrogen (secondary N) is 1. The fourth-order valence-electron chi connectivity index (χ4n) is 2.99. The van der Waals surface area contributed by atoms with Gasteiger partial charge in [-0.15, -0.1) is 0 Å². The summed E-state index contributed by atoms with van der Waals surface area (Å²) in [7, 11) is 2.92. The zero-order valence-electron chi connectivity index (χ0n) is 13.9. The van der Waals surface area contributed by atoms with E-state index in [9.17, 15) is 13.6 Å². The van der Waals surface area contributed by atoms with E-state index in [1.165, 1.54) is 20.3 Å². The molecule has 0 atom stereocenters. The number of esters is 1. The van der Waals surface area contributed by atoms with Crippen molar-refractivity contribution in [2.24, 2.45) is 5.92 Å². The highest BCUT2D eigenvalue weighted by atomic mass is 19.3. The van der Waals surface area contributed by atoms with E-state index < -0.39 is 6.61 Å². The number of rotatable bonds is 7. The van der Waals surface area contributed by atoms with Crippen molar-refractivity contribution in [2.45, 2.75) is 44.9 Å². The van der Waals surface area contributed by atoms with Gasteiger partial charge in [0.05, 0.1) is 20.1 Å². The molecule has 0 amide bonds. The van der Waals surface area contributed by atoms with E-state index in [1.807, 2.05) is 0 Å². The standard InChI is InChI=1S/C17H23F2NO4/c1-22-14-7-8-15(24-17(18)19)12(9-14)10-20-13-5-3-11(4-6-13)16(21)23-2/h7-9,11,13,17,20H,3-6,10H2,1-2H3. The number of carbonyl (C=O) groups excluding carboxylic acids is 1. The normalized spacial score (nSPS) is 20.7. The zero-order valence-corrected chi connectivity index (χ0v) is 13.9. The number of hydrogen-bond acceptors (Lipinski definition) is 5. The molecule has 0 unspecified atom stereocenters. The van der Waals surface area contributed by atoms with Crippen LogP contribution < -0.4 is 14.8 Å². The lowest BCUT2D eigenvalue weighted by molar-refractivity contribution is -0.146. The van der Waals surface area contributed by atoms with Gasteiger partial charge in [0.25, 0.3) is 0 Å². The minimum Gasteiger partial charge on any atom is -0.497 e. The van der Waals surface area contributed by atoms with E-state index in [1.54, 1.807) is 12.1 Å². The van der Waals surface area contributed by atoms with Gasteiger partial charge in [-0.2, -0.15) is 8.78 Å². The molecule has 2 rings (SSSR count). The van der Waals surface area contributed by atoms with Crippen molar-refractivity contribution in [2.75, 3.05) is 14.2 Å². The maximum Gasteiger partial charge on any atom is 0.387 e. The SMILES string of the molecule is COC(=O)C1CCC(NCc2cc(OC)ccc2OC(F)F)CC1. The van der Waals surface area contributed by atoms with Gasteiger partial charge in [-0.25, -0.2) is 0 Å². The summed E-state index contributed by atoms with van der Waals surface area (Å²) >= 11 is 0. The Kier molecular flexibility index (Phi) is 6.78. The third-order valence-electron chi connectivity index (χ3n) is 4.33. The molecule has 1 fully saturated rings. The first kappa shape index (κ1) is 18.4. The quantitative estimate of drug-likeness (QED) is 0.771. The van der Waals surface area contributed by atoms with Gasteiger partial charge in [-0.3, -0.25) is 4.79 Å². The molecular formula is C17H23F2NO4. The van der Waals surface area contributed by atoms with Crippen LogP contribution in [0.15, 0.2) is 18.2 Å². The fraction of sp³-hybridized carbons (Fsp3) is 0.588. The van der Waals surface area contributed by atoms with E-state index in [0.29, 0.717) is 17.9 Å². The van der Waals surface area contributed by atoms with E-state index >= 15 is 0 Å². The Morgan fingerprint density at radius 1 is 1.25 bits per heavy atom. The monoisotopic (exact) mass is 343 g/mol. The Labute approximate surface area is 140 Å². The van der Waals surface area contributed by atoms with Gasteiger partial charge in [-0.1, -0.05) is 0 Å². The van der Waals surface area contributed by atoms with Crippen molar-refractivity contribution < 1.29 is 27.8 Å². The zero-order chi connectivity index (χ0) is 17.5. The van der Waals surface area contributed by atoms with Gasteiger partial charge in [0.2, 0.25) is 0 Å². The Morgan fingerprint density at radius 3 is 2.54 bits per heavy atom. The van der Waals surface area contributed by atoms with Gasteiger partial charge in [0, 0.05) is 18.2 Å². The van der Waals surface area contributed by atoms with Crippen LogP contribution in [0.1, 0.15) is 31.2 Å². The van der Waals surface area contributed by atoms with Gasteiger partial charge in [0.1, 0.15) is 11.5 Å². The molecule has 1 aromatic rings. The molecule has 1 N–H and O–H groups in total. The van der Waals surface area contributed by atoms with E-state index in [2.05, 4.69) is 10.1 Å². The number of ether oxygens (including phenoxy) is 3. The van der Waals surface area contributed by atoms with Gasteiger partial charge in [0.15, 0.2) is 0 Å². The summed E-state index contributed by atoms with van der Waals surface area (Å²) in [5.41, 5.74) is 0.616. The van der Waals surface area contributed by atoms with Crippen LogP contribution in [0.3, 0.4) is 0 Å². The molecule has 1 saturated carbocycles. The smallest absolute Gasteiger partial charge is 0.387 e. The maximum atomic E-state index is 12.5. The van der Waals surface area contributed by atoms with Crippen LogP contribution in [0.4, 0.5) is 8.78 Å². The number of alkyl halides is 2. The van der Waals surface area contributed by atoms with Crippen LogP contribution in [0, 0.1) is 5.92 Å². The highest BCUT2D eigenvalue weighted by Gasteiger charge is 2.26. The number of hydrogen-bond donors (Lipinski definition) is 1. The molecule has 134 valence electrons. The number of benzene rings is 1. The highest BCUT2D eigenvalue weighted by molar-refractivity contribution is 5.72. The molecular weight excluding hydrogens is 320 g/mol. The second-order valence-electron chi connectivity index (χ2n) is 5.80. The lowest BCUT2D eigenvalue weighted by Crippen LogP contribution is -2.35. The van der Waals surface area contributed by atoms with E-state index in [0.717, 1.165) is 25.7 Å². The van der Waals surface area contributed by atoms with Crippen LogP contribution in [0.2, 0.25) is 0 Å². The van der Waals surface area contributed by atoms with E-state index in [4.69, 9.17) is 9.47 Å². The van der Waals surface area contributed by atoms with Crippen molar-refractivity contribution in [1.29, 1.82) is 0 Å². The average molecular weight is 343 g/mol. The van der Waals surface area contributed by atoms with Gasteiger partial charge < -0.3 is 19.5 Å². The molecule has 5 nitrogen and oxygen atoms in total. The molecule has 0 spiro atoms. The van der Waals surface area contributed by atoms with Crippen LogP contribution in [-0.4, -0.2) is 32.8 Å². The van der Waals surface area contributed by atoms with Crippen LogP contribution in [-0.2, 0) is 16.1 Å². The second-order valence-corrected chi connectivity index (χ2v) is 5.80. The molecule has 1 aliphatic carbocycles. The molecule has 0 heterocycles. The summed E-state index contributed by atoms with van der Waals surface area (Å²) < 4.78 is 39.5. The summed E-state index contributed by atoms with van der Waals surface area (Å²) in [6.45, 7) is -2.47. The van der Waals surface area contributed by atoms with Crippen LogP contribution in [0.5, 0.6) is 11.5 Å². The third kappa shape index (κ3) is 5.06. The molecule has 1 aliphatic rings. The van der Waals surface area contributed by atoms with Crippen molar-refractivity contribution in [3.8, 4) is 11.5 Å². The molecule has 0 saturated heterocycles. The predicted molar refractivity (Wildman–Crippen MR) is 84.2 cm³/mol. The second kappa shape index (κ2) is 8.82. The summed E-state index contributed by atoms with van der Waals surface area (Å²) in [5, 5.41) is 3.35. The molecule has 0 radical (unpaired) electrons. The maximum absolute atomic E-state index is 12.5. The van der Waals surface area contributed by atoms with Gasteiger partial charge >= 0.3 is 12.6 Å². The Balaban J connectivity index is 1.93. The number of methoxy groups -OCH3 is 2. The third-order valence-corrected chi connectivity index (χ3v) is 4.33. The van der Waals surface area contributed by atoms with Crippen LogP contribution >= 0.6 is 0 Å². The molecule has 24 heavy (non-hydrogen) atoms. The van der Waals surface area contributed by atoms with Crippen molar-refractivity contribution in [1.82, 2.24) is 5.32 Å². The molecule has 0 aliphatic heterocycles. The summed E-state index contributed by atoms with van der Waals surface area (Å²) in [6.07, 6.45) is 3.22.